The highest BCUT2D eigenvalue weighted by Crippen LogP contribution is 2.20. The maximum absolute atomic E-state index is 12.2. The van der Waals surface area contributed by atoms with Crippen molar-refractivity contribution in [1.29, 1.82) is 0 Å². The SMILES string of the molecule is O=C(Nc1cnn(-c2ccccc2)c1)c1cc(Cl)ncc1Cl. The van der Waals surface area contributed by atoms with Crippen LogP contribution in [0.1, 0.15) is 10.4 Å². The second kappa shape index (κ2) is 6.17. The van der Waals surface area contributed by atoms with Gasteiger partial charge < -0.3 is 5.32 Å². The standard InChI is InChI=1S/C15H10Cl2N4O/c16-13-8-18-14(17)6-12(13)15(22)20-10-7-19-21(9-10)11-4-2-1-3-5-11/h1-9H,(H,20,22). The summed E-state index contributed by atoms with van der Waals surface area (Å²) in [7, 11) is 0. The maximum Gasteiger partial charge on any atom is 0.257 e. The second-order valence-corrected chi connectivity index (χ2v) is 5.24. The number of hydrogen-bond acceptors (Lipinski definition) is 3. The Labute approximate surface area is 136 Å². The van der Waals surface area contributed by atoms with Crippen molar-refractivity contribution < 1.29 is 4.79 Å². The van der Waals surface area contributed by atoms with Gasteiger partial charge in [0, 0.05) is 6.20 Å². The zero-order valence-corrected chi connectivity index (χ0v) is 12.7. The monoisotopic (exact) mass is 332 g/mol. The second-order valence-electron chi connectivity index (χ2n) is 4.45. The highest BCUT2D eigenvalue weighted by molar-refractivity contribution is 6.35. The molecule has 5 nitrogen and oxygen atoms in total. The zero-order valence-electron chi connectivity index (χ0n) is 11.2. The molecule has 3 rings (SSSR count). The number of rotatable bonds is 3. The smallest absolute Gasteiger partial charge is 0.257 e. The summed E-state index contributed by atoms with van der Waals surface area (Å²) in [5.74, 6) is -0.373. The molecule has 0 atom stereocenters. The summed E-state index contributed by atoms with van der Waals surface area (Å²) in [5, 5.41) is 7.36. The van der Waals surface area contributed by atoms with E-state index in [1.165, 1.54) is 12.3 Å². The van der Waals surface area contributed by atoms with E-state index in [9.17, 15) is 4.79 Å². The molecule has 22 heavy (non-hydrogen) atoms. The summed E-state index contributed by atoms with van der Waals surface area (Å²) in [6.45, 7) is 0. The molecule has 0 aliphatic heterocycles. The first-order valence-electron chi connectivity index (χ1n) is 6.36. The summed E-state index contributed by atoms with van der Waals surface area (Å²) in [4.78, 5) is 16.0. The molecular weight excluding hydrogens is 323 g/mol. The average Bonchev–Trinajstić information content (AvgIpc) is 2.99. The Morgan fingerprint density at radius 1 is 1.14 bits per heavy atom. The first-order chi connectivity index (χ1) is 10.6. The number of carbonyl (C=O) groups is 1. The lowest BCUT2D eigenvalue weighted by molar-refractivity contribution is 0.102. The van der Waals surface area contributed by atoms with Gasteiger partial charge in [0.1, 0.15) is 5.15 Å². The van der Waals surface area contributed by atoms with E-state index in [1.807, 2.05) is 30.3 Å². The van der Waals surface area contributed by atoms with E-state index in [1.54, 1.807) is 17.1 Å². The number of benzene rings is 1. The van der Waals surface area contributed by atoms with Gasteiger partial charge in [-0.05, 0) is 18.2 Å². The number of anilines is 1. The van der Waals surface area contributed by atoms with Gasteiger partial charge in [0.05, 0.1) is 34.4 Å². The van der Waals surface area contributed by atoms with Crippen molar-refractivity contribution in [3.8, 4) is 5.69 Å². The summed E-state index contributed by atoms with van der Waals surface area (Å²) < 4.78 is 1.66. The first kappa shape index (κ1) is 14.6. The van der Waals surface area contributed by atoms with Gasteiger partial charge in [-0.15, -0.1) is 0 Å². The predicted molar refractivity (Wildman–Crippen MR) is 85.8 cm³/mol. The third-order valence-corrected chi connectivity index (χ3v) is 3.44. The molecule has 0 bridgehead atoms. The van der Waals surface area contributed by atoms with Crippen LogP contribution in [0, 0.1) is 0 Å². The molecule has 3 aromatic rings. The summed E-state index contributed by atoms with van der Waals surface area (Å²) in [6.07, 6.45) is 4.61. The highest BCUT2D eigenvalue weighted by Gasteiger charge is 2.13. The highest BCUT2D eigenvalue weighted by atomic mass is 35.5. The van der Waals surface area contributed by atoms with Gasteiger partial charge in [0.2, 0.25) is 0 Å². The molecule has 0 aliphatic rings. The Hall–Kier alpha value is -2.37. The molecule has 110 valence electrons. The molecule has 0 fully saturated rings. The number of halogens is 2. The van der Waals surface area contributed by atoms with Crippen LogP contribution >= 0.6 is 23.2 Å². The van der Waals surface area contributed by atoms with Crippen LogP contribution in [0.15, 0.2) is 55.0 Å². The lowest BCUT2D eigenvalue weighted by Gasteiger charge is -2.04. The Morgan fingerprint density at radius 3 is 2.68 bits per heavy atom. The zero-order chi connectivity index (χ0) is 15.5. The number of carbonyl (C=O) groups excluding carboxylic acids is 1. The van der Waals surface area contributed by atoms with Gasteiger partial charge in [-0.3, -0.25) is 4.79 Å². The minimum absolute atomic E-state index is 0.203. The van der Waals surface area contributed by atoms with Crippen molar-refractivity contribution in [2.75, 3.05) is 5.32 Å². The van der Waals surface area contributed by atoms with Crippen LogP contribution < -0.4 is 5.32 Å². The van der Waals surface area contributed by atoms with Gasteiger partial charge in [0.15, 0.2) is 0 Å². The van der Waals surface area contributed by atoms with E-state index in [-0.39, 0.29) is 21.6 Å². The first-order valence-corrected chi connectivity index (χ1v) is 7.11. The largest absolute Gasteiger partial charge is 0.319 e. The van der Waals surface area contributed by atoms with Crippen molar-refractivity contribution in [2.45, 2.75) is 0 Å². The minimum Gasteiger partial charge on any atom is -0.319 e. The van der Waals surface area contributed by atoms with E-state index in [0.717, 1.165) is 5.69 Å². The van der Waals surface area contributed by atoms with Gasteiger partial charge in [-0.1, -0.05) is 41.4 Å². The molecule has 0 unspecified atom stereocenters. The van der Waals surface area contributed by atoms with Crippen LogP contribution in [0.2, 0.25) is 10.2 Å². The molecule has 1 aromatic carbocycles. The molecule has 0 aliphatic carbocycles. The Kier molecular flexibility index (Phi) is 4.09. The number of nitrogens with zero attached hydrogens (tertiary/aromatic N) is 3. The lowest BCUT2D eigenvalue weighted by atomic mass is 10.2. The van der Waals surface area contributed by atoms with Gasteiger partial charge in [-0.2, -0.15) is 5.10 Å². The Balaban J connectivity index is 1.81. The summed E-state index contributed by atoms with van der Waals surface area (Å²) in [6, 6.07) is 11.0. The van der Waals surface area contributed by atoms with Crippen molar-refractivity contribution in [3.05, 3.63) is 70.7 Å². The molecule has 2 heterocycles. The Bertz CT molecular complexity index is 817. The van der Waals surface area contributed by atoms with Crippen LogP contribution in [0.25, 0.3) is 5.69 Å². The van der Waals surface area contributed by atoms with Gasteiger partial charge in [-0.25, -0.2) is 9.67 Å². The van der Waals surface area contributed by atoms with Crippen LogP contribution in [0.3, 0.4) is 0 Å². The molecule has 1 amide bonds. The normalized spacial score (nSPS) is 10.5. The fourth-order valence-electron chi connectivity index (χ4n) is 1.89. The average molecular weight is 333 g/mol. The van der Waals surface area contributed by atoms with Crippen molar-refractivity contribution in [2.24, 2.45) is 0 Å². The number of nitrogens with one attached hydrogen (secondary N) is 1. The van der Waals surface area contributed by atoms with E-state index >= 15 is 0 Å². The molecule has 0 saturated heterocycles. The van der Waals surface area contributed by atoms with E-state index < -0.39 is 0 Å². The van der Waals surface area contributed by atoms with Crippen LogP contribution in [-0.4, -0.2) is 20.7 Å². The number of amides is 1. The van der Waals surface area contributed by atoms with Crippen LogP contribution in [0.4, 0.5) is 5.69 Å². The molecule has 0 spiro atoms. The van der Waals surface area contributed by atoms with Gasteiger partial charge in [0.25, 0.3) is 5.91 Å². The molecular formula is C15H10Cl2N4O. The molecule has 2 aromatic heterocycles. The fourth-order valence-corrected chi connectivity index (χ4v) is 2.24. The fraction of sp³-hybridized carbons (Fsp3) is 0. The van der Waals surface area contributed by atoms with Crippen LogP contribution in [0.5, 0.6) is 0 Å². The van der Waals surface area contributed by atoms with Crippen molar-refractivity contribution in [1.82, 2.24) is 14.8 Å². The van der Waals surface area contributed by atoms with E-state index in [0.29, 0.717) is 5.69 Å². The lowest BCUT2D eigenvalue weighted by Crippen LogP contribution is -2.12. The number of pyridine rings is 1. The molecule has 0 saturated carbocycles. The molecule has 7 heteroatoms. The third-order valence-electron chi connectivity index (χ3n) is 2.93. The minimum atomic E-state index is -0.373. The van der Waals surface area contributed by atoms with E-state index in [2.05, 4.69) is 15.4 Å². The molecule has 0 radical (unpaired) electrons. The predicted octanol–water partition coefficient (Wildman–Crippen LogP) is 3.83. The number of para-hydroxylation sites is 1. The van der Waals surface area contributed by atoms with Crippen molar-refractivity contribution in [3.63, 3.8) is 0 Å². The number of hydrogen-bond donors (Lipinski definition) is 1. The number of aromatic nitrogens is 3. The molecule has 1 N–H and O–H groups in total. The Morgan fingerprint density at radius 2 is 1.91 bits per heavy atom. The maximum atomic E-state index is 12.2. The van der Waals surface area contributed by atoms with Gasteiger partial charge >= 0.3 is 0 Å². The van der Waals surface area contributed by atoms with E-state index in [4.69, 9.17) is 23.2 Å². The summed E-state index contributed by atoms with van der Waals surface area (Å²) >= 11 is 11.7. The third kappa shape index (κ3) is 3.10. The quantitative estimate of drug-likeness (QED) is 0.741. The summed E-state index contributed by atoms with van der Waals surface area (Å²) in [5.41, 5.74) is 1.71. The van der Waals surface area contributed by atoms with Crippen molar-refractivity contribution >= 4 is 34.8 Å². The topological polar surface area (TPSA) is 59.8 Å². The van der Waals surface area contributed by atoms with Crippen LogP contribution in [-0.2, 0) is 0 Å².